The lowest BCUT2D eigenvalue weighted by Crippen LogP contribution is -2.48. The predicted octanol–water partition coefficient (Wildman–Crippen LogP) is 2.11. The molecule has 0 aromatic heterocycles. The molecule has 1 heterocycles. The Bertz CT molecular complexity index is 455. The van der Waals surface area contributed by atoms with Crippen LogP contribution in [0.2, 0.25) is 0 Å². The fraction of sp³-hybridized carbons (Fsp3) is 0.684. The third kappa shape index (κ3) is 6.77. The lowest BCUT2D eigenvalue weighted by Gasteiger charge is -2.36. The number of hydrogen-bond donors (Lipinski definition) is 1. The zero-order valence-electron chi connectivity index (χ0n) is 15.1. The van der Waals surface area contributed by atoms with Gasteiger partial charge in [-0.15, -0.1) is 0 Å². The van der Waals surface area contributed by atoms with Crippen LogP contribution in [0.4, 0.5) is 0 Å². The number of nitrogens with zero attached hydrogens (tertiary/aromatic N) is 1. The maximum absolute atomic E-state index is 10.1. The second kappa shape index (κ2) is 9.99. The van der Waals surface area contributed by atoms with Gasteiger partial charge >= 0.3 is 0 Å². The molecule has 1 saturated heterocycles. The van der Waals surface area contributed by atoms with Gasteiger partial charge in [-0.05, 0) is 38.0 Å². The molecule has 0 saturated carbocycles. The Kier molecular flexibility index (Phi) is 7.99. The summed E-state index contributed by atoms with van der Waals surface area (Å²) < 4.78 is 16.9. The maximum Gasteiger partial charge on any atom is 0.119 e. The molecule has 3 atom stereocenters. The van der Waals surface area contributed by atoms with Gasteiger partial charge in [0.15, 0.2) is 0 Å². The minimum atomic E-state index is -0.480. The van der Waals surface area contributed by atoms with Crippen molar-refractivity contribution in [1.29, 1.82) is 0 Å². The van der Waals surface area contributed by atoms with E-state index in [1.165, 1.54) is 5.56 Å². The average Bonchev–Trinajstić information content (AvgIpc) is 2.54. The Morgan fingerprint density at radius 1 is 1.17 bits per heavy atom. The fourth-order valence-corrected chi connectivity index (χ4v) is 3.04. The van der Waals surface area contributed by atoms with Gasteiger partial charge in [-0.1, -0.05) is 19.1 Å². The van der Waals surface area contributed by atoms with E-state index in [4.69, 9.17) is 14.2 Å². The van der Waals surface area contributed by atoms with Crippen LogP contribution in [0.25, 0.3) is 0 Å². The summed E-state index contributed by atoms with van der Waals surface area (Å²) in [6.45, 7) is 9.90. The summed E-state index contributed by atoms with van der Waals surface area (Å²) in [4.78, 5) is 2.23. The smallest absolute Gasteiger partial charge is 0.119 e. The van der Waals surface area contributed by atoms with Gasteiger partial charge in [0.1, 0.15) is 12.4 Å². The van der Waals surface area contributed by atoms with E-state index in [2.05, 4.69) is 37.8 Å². The highest BCUT2D eigenvalue weighted by Crippen LogP contribution is 2.13. The minimum absolute atomic E-state index is 0.217. The standard InChI is InChI=1S/C19H31NO4/c1-4-17-5-7-19(8-6-17)23-10-9-22-14-18(21)13-20-11-15(2)24-16(3)12-20/h5-8,15-16,18,21H,4,9-14H2,1-3H3/t15-,16+,18-/m0/s1. The van der Waals surface area contributed by atoms with Crippen LogP contribution in [-0.2, 0) is 15.9 Å². The summed E-state index contributed by atoms with van der Waals surface area (Å²) in [7, 11) is 0. The highest BCUT2D eigenvalue weighted by atomic mass is 16.5. The molecule has 1 aromatic carbocycles. The summed E-state index contributed by atoms with van der Waals surface area (Å²) in [6, 6.07) is 8.11. The number of aryl methyl sites for hydroxylation is 1. The topological polar surface area (TPSA) is 51.2 Å². The molecule has 1 aromatic rings. The summed E-state index contributed by atoms with van der Waals surface area (Å²) >= 11 is 0. The van der Waals surface area contributed by atoms with Gasteiger partial charge in [-0.3, -0.25) is 4.90 Å². The van der Waals surface area contributed by atoms with Gasteiger partial charge in [0.2, 0.25) is 0 Å². The number of benzene rings is 1. The first-order chi connectivity index (χ1) is 11.6. The van der Waals surface area contributed by atoms with E-state index in [1.807, 2.05) is 12.1 Å². The van der Waals surface area contributed by atoms with E-state index in [1.54, 1.807) is 0 Å². The van der Waals surface area contributed by atoms with Crippen LogP contribution in [0.3, 0.4) is 0 Å². The first-order valence-corrected chi connectivity index (χ1v) is 8.92. The molecular weight excluding hydrogens is 306 g/mol. The molecule has 136 valence electrons. The van der Waals surface area contributed by atoms with Crippen molar-refractivity contribution in [2.75, 3.05) is 39.5 Å². The van der Waals surface area contributed by atoms with E-state index >= 15 is 0 Å². The number of hydrogen-bond acceptors (Lipinski definition) is 5. The van der Waals surface area contributed by atoms with Crippen LogP contribution in [0, 0.1) is 0 Å². The Morgan fingerprint density at radius 3 is 2.46 bits per heavy atom. The zero-order chi connectivity index (χ0) is 17.4. The van der Waals surface area contributed by atoms with Crippen LogP contribution in [0.1, 0.15) is 26.3 Å². The number of ether oxygens (including phenoxy) is 3. The van der Waals surface area contributed by atoms with Crippen LogP contribution >= 0.6 is 0 Å². The molecule has 0 radical (unpaired) electrons. The van der Waals surface area contributed by atoms with E-state index in [9.17, 15) is 5.11 Å². The Hall–Kier alpha value is -1.14. The number of rotatable bonds is 9. The first kappa shape index (κ1) is 19.2. The maximum atomic E-state index is 10.1. The molecule has 0 bridgehead atoms. The molecule has 1 fully saturated rings. The Morgan fingerprint density at radius 2 is 1.83 bits per heavy atom. The monoisotopic (exact) mass is 337 g/mol. The lowest BCUT2D eigenvalue weighted by atomic mass is 10.2. The minimum Gasteiger partial charge on any atom is -0.491 e. The predicted molar refractivity (Wildman–Crippen MR) is 94.6 cm³/mol. The lowest BCUT2D eigenvalue weighted by molar-refractivity contribution is -0.0824. The van der Waals surface area contributed by atoms with Crippen LogP contribution < -0.4 is 4.74 Å². The quantitative estimate of drug-likeness (QED) is 0.700. The van der Waals surface area contributed by atoms with Gasteiger partial charge in [-0.2, -0.15) is 0 Å². The van der Waals surface area contributed by atoms with Crippen molar-refractivity contribution < 1.29 is 19.3 Å². The number of morpholine rings is 1. The number of aliphatic hydroxyl groups excluding tert-OH is 1. The normalized spacial score (nSPS) is 23.2. The van der Waals surface area contributed by atoms with Gasteiger partial charge in [0.25, 0.3) is 0 Å². The summed E-state index contributed by atoms with van der Waals surface area (Å²) in [5.74, 6) is 0.854. The Labute approximate surface area is 145 Å². The van der Waals surface area contributed by atoms with Gasteiger partial charge in [0, 0.05) is 19.6 Å². The highest BCUT2D eigenvalue weighted by Gasteiger charge is 2.23. The van der Waals surface area contributed by atoms with Crippen LogP contribution in [0.5, 0.6) is 5.75 Å². The van der Waals surface area contributed by atoms with Crippen molar-refractivity contribution >= 4 is 0 Å². The third-order valence-electron chi connectivity index (χ3n) is 4.10. The molecule has 1 aliphatic rings. The fourth-order valence-electron chi connectivity index (χ4n) is 3.04. The molecule has 0 amide bonds. The van der Waals surface area contributed by atoms with E-state index in [0.29, 0.717) is 26.4 Å². The van der Waals surface area contributed by atoms with Crippen molar-refractivity contribution in [2.24, 2.45) is 0 Å². The van der Waals surface area contributed by atoms with Crippen molar-refractivity contribution in [2.45, 2.75) is 45.5 Å². The van der Waals surface area contributed by atoms with Gasteiger partial charge in [0.05, 0.1) is 31.5 Å². The third-order valence-corrected chi connectivity index (χ3v) is 4.10. The van der Waals surface area contributed by atoms with E-state index < -0.39 is 6.10 Å². The molecule has 5 nitrogen and oxygen atoms in total. The van der Waals surface area contributed by atoms with E-state index in [-0.39, 0.29) is 12.2 Å². The molecule has 0 aliphatic carbocycles. The molecule has 1 N–H and O–H groups in total. The van der Waals surface area contributed by atoms with Crippen molar-refractivity contribution in [1.82, 2.24) is 4.90 Å². The van der Waals surface area contributed by atoms with Crippen LogP contribution in [0.15, 0.2) is 24.3 Å². The molecule has 2 rings (SSSR count). The SMILES string of the molecule is CCc1ccc(OCCOC[C@@H](O)CN2C[C@@H](C)O[C@@H](C)C2)cc1. The molecular formula is C19H31NO4. The van der Waals surface area contributed by atoms with Gasteiger partial charge < -0.3 is 19.3 Å². The van der Waals surface area contributed by atoms with E-state index in [0.717, 1.165) is 25.3 Å². The van der Waals surface area contributed by atoms with Crippen molar-refractivity contribution in [3.63, 3.8) is 0 Å². The molecule has 1 aliphatic heterocycles. The largest absolute Gasteiger partial charge is 0.491 e. The summed E-state index contributed by atoms with van der Waals surface area (Å²) in [6.07, 6.45) is 0.984. The molecule has 5 heteroatoms. The number of β-amino-alcohol motifs (C(OH)–C–C–N with tert-alkyl or cyclic N) is 1. The van der Waals surface area contributed by atoms with Crippen LogP contribution in [-0.4, -0.2) is 67.8 Å². The van der Waals surface area contributed by atoms with Crippen molar-refractivity contribution in [3.05, 3.63) is 29.8 Å². The second-order valence-corrected chi connectivity index (χ2v) is 6.55. The second-order valence-electron chi connectivity index (χ2n) is 6.55. The Balaban J connectivity index is 1.56. The number of aliphatic hydroxyl groups is 1. The summed E-state index contributed by atoms with van der Waals surface area (Å²) in [5, 5.41) is 10.1. The molecule has 24 heavy (non-hydrogen) atoms. The molecule has 0 spiro atoms. The van der Waals surface area contributed by atoms with Gasteiger partial charge in [-0.25, -0.2) is 0 Å². The first-order valence-electron chi connectivity index (χ1n) is 8.92. The highest BCUT2D eigenvalue weighted by molar-refractivity contribution is 5.27. The zero-order valence-corrected chi connectivity index (χ0v) is 15.1. The average molecular weight is 337 g/mol. The summed E-state index contributed by atoms with van der Waals surface area (Å²) in [5.41, 5.74) is 1.30. The molecule has 0 unspecified atom stereocenters. The van der Waals surface area contributed by atoms with Crippen molar-refractivity contribution in [3.8, 4) is 5.75 Å².